The van der Waals surface area contributed by atoms with Crippen LogP contribution in [0.25, 0.3) is 0 Å². The van der Waals surface area contributed by atoms with E-state index in [-0.39, 0.29) is 12.8 Å². The second-order valence-corrected chi connectivity index (χ2v) is 12.9. The molecule has 9 heteroatoms. The molecule has 0 aliphatic heterocycles. The second-order valence-electron chi connectivity index (χ2n) is 9.84. The molecule has 0 atom stereocenters. The Hall–Kier alpha value is 0.260. The van der Waals surface area contributed by atoms with Crippen LogP contribution in [0.15, 0.2) is 0 Å². The van der Waals surface area contributed by atoms with Gasteiger partial charge < -0.3 is 19.6 Å². The van der Waals surface area contributed by atoms with Crippen LogP contribution in [0.1, 0.15) is 148 Å². The average molecular weight is 529 g/mol. The summed E-state index contributed by atoms with van der Waals surface area (Å²) in [5, 5.41) is 0. The molecular formula is C25H54O7P2. The summed E-state index contributed by atoms with van der Waals surface area (Å²) in [7, 11) is -8.07. The highest BCUT2D eigenvalue weighted by Gasteiger charge is 2.12. The van der Waals surface area contributed by atoms with Crippen LogP contribution in [-0.2, 0) is 13.7 Å². The molecule has 7 nitrogen and oxygen atoms in total. The van der Waals surface area contributed by atoms with Gasteiger partial charge in [-0.05, 0) is 12.8 Å². The third-order valence-corrected chi connectivity index (χ3v) is 7.77. The fourth-order valence-corrected chi connectivity index (χ4v) is 5.32. The SMILES string of the molecule is O=P(O)(O)CCCCCCCCCCCCCCCCCCCCCCCCCOP(=O)(O)O. The summed E-state index contributed by atoms with van der Waals surface area (Å²) in [6.07, 6.45) is 28.0. The van der Waals surface area contributed by atoms with E-state index in [4.69, 9.17) is 19.6 Å². The topological polar surface area (TPSA) is 124 Å². The Kier molecular flexibility index (Phi) is 23.8. The van der Waals surface area contributed by atoms with Crippen LogP contribution in [0.2, 0.25) is 0 Å². The molecule has 0 aromatic heterocycles. The maximum Gasteiger partial charge on any atom is 0.469 e. The summed E-state index contributed by atoms with van der Waals surface area (Å²) < 4.78 is 25.7. The molecule has 0 aromatic carbocycles. The first-order valence-corrected chi connectivity index (χ1v) is 17.3. The van der Waals surface area contributed by atoms with Crippen molar-refractivity contribution in [3.63, 3.8) is 0 Å². The molecular weight excluding hydrogens is 474 g/mol. The second kappa shape index (κ2) is 23.6. The molecule has 0 bridgehead atoms. The van der Waals surface area contributed by atoms with Gasteiger partial charge >= 0.3 is 15.4 Å². The molecule has 0 aromatic rings. The Labute approximate surface area is 209 Å². The molecule has 0 fully saturated rings. The summed E-state index contributed by atoms with van der Waals surface area (Å²) in [6, 6.07) is 0. The van der Waals surface area contributed by atoms with Crippen molar-refractivity contribution >= 4 is 15.4 Å². The van der Waals surface area contributed by atoms with E-state index in [0.29, 0.717) is 6.42 Å². The predicted molar refractivity (Wildman–Crippen MR) is 141 cm³/mol. The maximum atomic E-state index is 10.8. The van der Waals surface area contributed by atoms with E-state index in [1.165, 1.54) is 109 Å². The van der Waals surface area contributed by atoms with E-state index < -0.39 is 15.4 Å². The molecule has 0 aliphatic carbocycles. The van der Waals surface area contributed by atoms with E-state index in [9.17, 15) is 9.13 Å². The predicted octanol–water partition coefficient (Wildman–Crippen LogP) is 8.25. The minimum absolute atomic E-state index is 0.0420. The summed E-state index contributed by atoms with van der Waals surface area (Å²) in [5.74, 6) is 0. The fourth-order valence-electron chi connectivity index (χ4n) is 4.32. The maximum absolute atomic E-state index is 10.8. The van der Waals surface area contributed by atoms with Crippen molar-refractivity contribution in [2.24, 2.45) is 0 Å². The number of unbranched alkanes of at least 4 members (excludes halogenated alkanes) is 22. The standard InChI is InChI=1S/C25H54O7P2/c26-33(27,28)25-23-21-19-17-15-13-11-9-7-5-3-1-2-4-6-8-10-12-14-16-18-20-22-24-32-34(29,30)31/h1-25H2,(H2,26,27,28)(H2,29,30,31). The summed E-state index contributed by atoms with van der Waals surface area (Å²) in [4.78, 5) is 34.8. The molecule has 0 amide bonds. The van der Waals surface area contributed by atoms with Gasteiger partial charge in [-0.2, -0.15) is 0 Å². The fraction of sp³-hybridized carbons (Fsp3) is 1.00. The van der Waals surface area contributed by atoms with Gasteiger partial charge in [-0.25, -0.2) is 4.57 Å². The molecule has 0 saturated carbocycles. The van der Waals surface area contributed by atoms with Gasteiger partial charge in [-0.1, -0.05) is 135 Å². The lowest BCUT2D eigenvalue weighted by atomic mass is 10.0. The first-order chi connectivity index (χ1) is 16.2. The van der Waals surface area contributed by atoms with Crippen molar-refractivity contribution in [1.29, 1.82) is 0 Å². The van der Waals surface area contributed by atoms with Crippen molar-refractivity contribution < 1.29 is 33.2 Å². The van der Waals surface area contributed by atoms with Crippen LogP contribution >= 0.6 is 15.4 Å². The van der Waals surface area contributed by atoms with Crippen LogP contribution < -0.4 is 0 Å². The van der Waals surface area contributed by atoms with Crippen LogP contribution in [0, 0.1) is 0 Å². The largest absolute Gasteiger partial charge is 0.469 e. The van der Waals surface area contributed by atoms with E-state index in [0.717, 1.165) is 32.1 Å². The Morgan fingerprint density at radius 2 is 0.618 bits per heavy atom. The van der Waals surface area contributed by atoms with Gasteiger partial charge in [0.2, 0.25) is 0 Å². The van der Waals surface area contributed by atoms with Crippen molar-refractivity contribution in [1.82, 2.24) is 0 Å². The van der Waals surface area contributed by atoms with Crippen molar-refractivity contribution in [2.75, 3.05) is 12.8 Å². The van der Waals surface area contributed by atoms with Crippen molar-refractivity contribution in [2.45, 2.75) is 148 Å². The minimum atomic E-state index is -4.28. The Balaban J connectivity index is 3.08. The van der Waals surface area contributed by atoms with Crippen LogP contribution in [0.5, 0.6) is 0 Å². The molecule has 0 spiro atoms. The lowest BCUT2D eigenvalue weighted by Crippen LogP contribution is -1.92. The molecule has 0 unspecified atom stereocenters. The molecule has 0 heterocycles. The normalized spacial score (nSPS) is 12.5. The highest BCUT2D eigenvalue weighted by molar-refractivity contribution is 7.51. The third kappa shape index (κ3) is 32.3. The van der Waals surface area contributed by atoms with Crippen LogP contribution in [0.4, 0.5) is 0 Å². The molecule has 0 aliphatic rings. The lowest BCUT2D eigenvalue weighted by molar-refractivity contribution is 0.193. The third-order valence-electron chi connectivity index (χ3n) is 6.35. The zero-order chi connectivity index (χ0) is 25.4. The molecule has 0 radical (unpaired) electrons. The van der Waals surface area contributed by atoms with Crippen molar-refractivity contribution in [3.8, 4) is 0 Å². The van der Waals surface area contributed by atoms with E-state index >= 15 is 0 Å². The Morgan fingerprint density at radius 1 is 0.382 bits per heavy atom. The smallest absolute Gasteiger partial charge is 0.324 e. The number of phosphoric acid groups is 1. The minimum Gasteiger partial charge on any atom is -0.324 e. The van der Waals surface area contributed by atoms with Gasteiger partial charge in [0.05, 0.1) is 6.61 Å². The summed E-state index contributed by atoms with van der Waals surface area (Å²) >= 11 is 0. The molecule has 206 valence electrons. The Bertz CT molecular complexity index is 473. The van der Waals surface area contributed by atoms with Crippen LogP contribution in [-0.4, -0.2) is 32.3 Å². The van der Waals surface area contributed by atoms with Crippen LogP contribution in [0.3, 0.4) is 0 Å². The molecule has 4 N–H and O–H groups in total. The lowest BCUT2D eigenvalue weighted by Gasteiger charge is -2.05. The van der Waals surface area contributed by atoms with Gasteiger partial charge in [0.25, 0.3) is 0 Å². The van der Waals surface area contributed by atoms with Crippen molar-refractivity contribution in [3.05, 3.63) is 0 Å². The molecule has 0 rings (SSSR count). The zero-order valence-electron chi connectivity index (χ0n) is 21.6. The van der Waals surface area contributed by atoms with E-state index in [1.807, 2.05) is 0 Å². The first kappa shape index (κ1) is 34.3. The van der Waals surface area contributed by atoms with Gasteiger partial charge in [0.15, 0.2) is 0 Å². The summed E-state index contributed by atoms with van der Waals surface area (Å²) in [6.45, 7) is 0.152. The zero-order valence-corrected chi connectivity index (χ0v) is 23.4. The van der Waals surface area contributed by atoms with E-state index in [1.54, 1.807) is 0 Å². The highest BCUT2D eigenvalue weighted by atomic mass is 31.2. The van der Waals surface area contributed by atoms with Gasteiger partial charge in [-0.3, -0.25) is 9.09 Å². The number of rotatable bonds is 27. The molecule has 0 saturated heterocycles. The quantitative estimate of drug-likeness (QED) is 0.0625. The molecule has 34 heavy (non-hydrogen) atoms. The Morgan fingerprint density at radius 3 is 0.853 bits per heavy atom. The van der Waals surface area contributed by atoms with Gasteiger partial charge in [0.1, 0.15) is 0 Å². The first-order valence-electron chi connectivity index (χ1n) is 14.0. The number of phosphoric ester groups is 1. The monoisotopic (exact) mass is 528 g/mol. The number of hydrogen-bond donors (Lipinski definition) is 4. The van der Waals surface area contributed by atoms with E-state index in [2.05, 4.69) is 4.52 Å². The highest BCUT2D eigenvalue weighted by Crippen LogP contribution is 2.36. The van der Waals surface area contributed by atoms with Gasteiger partial charge in [0, 0.05) is 6.16 Å². The summed E-state index contributed by atoms with van der Waals surface area (Å²) in [5.41, 5.74) is 0. The number of hydrogen-bond acceptors (Lipinski definition) is 3. The van der Waals surface area contributed by atoms with Gasteiger partial charge in [-0.15, -0.1) is 0 Å². The average Bonchev–Trinajstić information content (AvgIpc) is 2.74.